The minimum atomic E-state index is 0.102. The van der Waals surface area contributed by atoms with Gasteiger partial charge in [0.2, 0.25) is 5.13 Å². The second-order valence-corrected chi connectivity index (χ2v) is 6.95. The number of aromatic nitrogens is 1. The average molecular weight is 451 g/mol. The van der Waals surface area contributed by atoms with E-state index in [-0.39, 0.29) is 5.75 Å². The SMILES string of the molecule is COc1cc(C=NNc2nc(-c3ccc(I)cc3)cs2)ccc1O. The van der Waals surface area contributed by atoms with Gasteiger partial charge in [0.15, 0.2) is 11.5 Å². The summed E-state index contributed by atoms with van der Waals surface area (Å²) in [5, 5.41) is 16.4. The zero-order chi connectivity index (χ0) is 16.9. The van der Waals surface area contributed by atoms with Gasteiger partial charge in [0.1, 0.15) is 0 Å². The highest BCUT2D eigenvalue weighted by Gasteiger charge is 2.04. The third-order valence-electron chi connectivity index (χ3n) is 3.22. The number of rotatable bonds is 5. The molecule has 0 amide bonds. The maximum Gasteiger partial charge on any atom is 0.203 e. The molecule has 5 nitrogen and oxygen atoms in total. The fraction of sp³-hybridized carbons (Fsp3) is 0.0588. The molecule has 1 heterocycles. The van der Waals surface area contributed by atoms with Gasteiger partial charge in [-0.05, 0) is 58.5 Å². The van der Waals surface area contributed by atoms with Crippen LogP contribution in [0.1, 0.15) is 5.56 Å². The summed E-state index contributed by atoms with van der Waals surface area (Å²) in [6.07, 6.45) is 1.65. The van der Waals surface area contributed by atoms with E-state index in [2.05, 4.69) is 50.2 Å². The number of hydrogen-bond acceptors (Lipinski definition) is 6. The second-order valence-electron chi connectivity index (χ2n) is 4.85. The topological polar surface area (TPSA) is 66.7 Å². The van der Waals surface area contributed by atoms with E-state index in [1.165, 1.54) is 22.0 Å². The van der Waals surface area contributed by atoms with Crippen LogP contribution >= 0.6 is 33.9 Å². The molecular formula is C17H14IN3O2S. The van der Waals surface area contributed by atoms with Crippen molar-refractivity contribution in [2.45, 2.75) is 0 Å². The van der Waals surface area contributed by atoms with Gasteiger partial charge in [-0.15, -0.1) is 11.3 Å². The monoisotopic (exact) mass is 451 g/mol. The van der Waals surface area contributed by atoms with Gasteiger partial charge in [0, 0.05) is 14.5 Å². The number of ether oxygens (including phenoxy) is 1. The Morgan fingerprint density at radius 1 is 1.25 bits per heavy atom. The number of phenolic OH excluding ortho intramolecular Hbond substituents is 1. The Labute approximate surface area is 157 Å². The molecule has 0 aliphatic rings. The zero-order valence-electron chi connectivity index (χ0n) is 12.7. The van der Waals surface area contributed by atoms with E-state index < -0.39 is 0 Å². The molecule has 1 aromatic heterocycles. The first-order valence-electron chi connectivity index (χ1n) is 7.03. The third-order valence-corrected chi connectivity index (χ3v) is 4.69. The van der Waals surface area contributed by atoms with E-state index in [4.69, 9.17) is 4.74 Å². The Bertz CT molecular complexity index is 863. The Morgan fingerprint density at radius 2 is 2.04 bits per heavy atom. The van der Waals surface area contributed by atoms with Crippen molar-refractivity contribution in [2.24, 2.45) is 5.10 Å². The minimum Gasteiger partial charge on any atom is -0.504 e. The maximum absolute atomic E-state index is 9.57. The third kappa shape index (κ3) is 4.04. The number of nitrogens with one attached hydrogen (secondary N) is 1. The Hall–Kier alpha value is -2.13. The lowest BCUT2D eigenvalue weighted by Crippen LogP contribution is -1.91. The fourth-order valence-corrected chi connectivity index (χ4v) is 3.04. The molecule has 2 aromatic carbocycles. The van der Waals surface area contributed by atoms with Crippen LogP contribution in [0.4, 0.5) is 5.13 Å². The molecule has 0 atom stereocenters. The van der Waals surface area contributed by atoms with Crippen LogP contribution in [-0.4, -0.2) is 23.4 Å². The van der Waals surface area contributed by atoms with Crippen molar-refractivity contribution in [3.05, 3.63) is 57.0 Å². The smallest absolute Gasteiger partial charge is 0.203 e. The van der Waals surface area contributed by atoms with Crippen LogP contribution in [0.5, 0.6) is 11.5 Å². The van der Waals surface area contributed by atoms with Crippen molar-refractivity contribution >= 4 is 45.3 Å². The highest BCUT2D eigenvalue weighted by molar-refractivity contribution is 14.1. The number of phenols is 1. The predicted molar refractivity (Wildman–Crippen MR) is 106 cm³/mol. The van der Waals surface area contributed by atoms with E-state index in [0.29, 0.717) is 10.9 Å². The normalized spacial score (nSPS) is 10.9. The summed E-state index contributed by atoms with van der Waals surface area (Å²) >= 11 is 3.77. The summed E-state index contributed by atoms with van der Waals surface area (Å²) in [5.41, 5.74) is 5.72. The van der Waals surface area contributed by atoms with Gasteiger partial charge in [-0.25, -0.2) is 4.98 Å². The minimum absolute atomic E-state index is 0.102. The van der Waals surface area contributed by atoms with Crippen molar-refractivity contribution in [1.82, 2.24) is 4.98 Å². The number of hydrazone groups is 1. The summed E-state index contributed by atoms with van der Waals surface area (Å²) in [4.78, 5) is 4.52. The molecule has 7 heteroatoms. The van der Waals surface area contributed by atoms with Crippen LogP contribution in [0.15, 0.2) is 52.9 Å². The number of hydrogen-bond donors (Lipinski definition) is 2. The van der Waals surface area contributed by atoms with Crippen molar-refractivity contribution < 1.29 is 9.84 Å². The summed E-state index contributed by atoms with van der Waals surface area (Å²) < 4.78 is 6.26. The molecule has 0 saturated carbocycles. The van der Waals surface area contributed by atoms with Crippen LogP contribution in [0.2, 0.25) is 0 Å². The molecule has 0 radical (unpaired) electrons. The first-order valence-corrected chi connectivity index (χ1v) is 8.99. The van der Waals surface area contributed by atoms with E-state index in [0.717, 1.165) is 16.8 Å². The maximum atomic E-state index is 9.57. The van der Waals surface area contributed by atoms with Gasteiger partial charge in [0.05, 0.1) is 19.0 Å². The second kappa shape index (κ2) is 7.63. The molecule has 2 N–H and O–H groups in total. The highest BCUT2D eigenvalue weighted by Crippen LogP contribution is 2.26. The molecule has 0 aliphatic carbocycles. The Morgan fingerprint density at radius 3 is 2.79 bits per heavy atom. The summed E-state index contributed by atoms with van der Waals surface area (Å²) in [6, 6.07) is 13.2. The van der Waals surface area contributed by atoms with Gasteiger partial charge in [-0.2, -0.15) is 5.10 Å². The van der Waals surface area contributed by atoms with Crippen molar-refractivity contribution in [2.75, 3.05) is 12.5 Å². The number of anilines is 1. The van der Waals surface area contributed by atoms with Crippen LogP contribution in [0.3, 0.4) is 0 Å². The number of halogens is 1. The number of nitrogens with zero attached hydrogens (tertiary/aromatic N) is 2. The number of benzene rings is 2. The molecule has 122 valence electrons. The fourth-order valence-electron chi connectivity index (χ4n) is 2.01. The van der Waals surface area contributed by atoms with Gasteiger partial charge < -0.3 is 9.84 Å². The molecule has 0 spiro atoms. The lowest BCUT2D eigenvalue weighted by Gasteiger charge is -2.03. The van der Waals surface area contributed by atoms with Crippen molar-refractivity contribution in [3.63, 3.8) is 0 Å². The number of thiazole rings is 1. The summed E-state index contributed by atoms with van der Waals surface area (Å²) in [7, 11) is 1.51. The summed E-state index contributed by atoms with van der Waals surface area (Å²) in [6.45, 7) is 0. The molecule has 0 aliphatic heterocycles. The van der Waals surface area contributed by atoms with E-state index in [1.807, 2.05) is 17.5 Å². The van der Waals surface area contributed by atoms with Crippen molar-refractivity contribution in [3.8, 4) is 22.8 Å². The molecule has 3 rings (SSSR count). The first-order chi connectivity index (χ1) is 11.7. The van der Waals surface area contributed by atoms with Gasteiger partial charge >= 0.3 is 0 Å². The molecule has 0 fully saturated rings. The van der Waals surface area contributed by atoms with Crippen molar-refractivity contribution in [1.29, 1.82) is 0 Å². The molecule has 3 aromatic rings. The molecule has 0 saturated heterocycles. The van der Waals surface area contributed by atoms with E-state index in [9.17, 15) is 5.11 Å². The lowest BCUT2D eigenvalue weighted by atomic mass is 10.2. The number of aromatic hydroxyl groups is 1. The summed E-state index contributed by atoms with van der Waals surface area (Å²) in [5.74, 6) is 0.513. The average Bonchev–Trinajstić information content (AvgIpc) is 3.06. The van der Waals surface area contributed by atoms with Gasteiger partial charge in [0.25, 0.3) is 0 Å². The van der Waals surface area contributed by atoms with Gasteiger partial charge in [-0.3, -0.25) is 5.43 Å². The standard InChI is InChI=1S/C17H14IN3O2S/c1-23-16-8-11(2-7-15(16)22)9-19-21-17-20-14(10-24-17)12-3-5-13(18)6-4-12/h2-10,22H,1H3,(H,20,21). The quantitative estimate of drug-likeness (QED) is 0.339. The molecule has 0 bridgehead atoms. The zero-order valence-corrected chi connectivity index (χ0v) is 15.7. The molecule has 24 heavy (non-hydrogen) atoms. The van der Waals surface area contributed by atoms with E-state index >= 15 is 0 Å². The van der Waals surface area contributed by atoms with Gasteiger partial charge in [-0.1, -0.05) is 12.1 Å². The number of methoxy groups -OCH3 is 1. The molecule has 0 unspecified atom stereocenters. The Balaban J connectivity index is 1.68. The largest absolute Gasteiger partial charge is 0.504 e. The van der Waals surface area contributed by atoms with Crippen LogP contribution in [-0.2, 0) is 0 Å². The highest BCUT2D eigenvalue weighted by atomic mass is 127. The van der Waals surface area contributed by atoms with Crippen LogP contribution < -0.4 is 10.2 Å². The van der Waals surface area contributed by atoms with Crippen LogP contribution in [0, 0.1) is 3.57 Å². The molecular weight excluding hydrogens is 437 g/mol. The first kappa shape index (κ1) is 16.7. The lowest BCUT2D eigenvalue weighted by molar-refractivity contribution is 0.373. The predicted octanol–water partition coefficient (Wildman–Crippen LogP) is 4.57. The van der Waals surface area contributed by atoms with Crippen LogP contribution in [0.25, 0.3) is 11.3 Å². The van der Waals surface area contributed by atoms with E-state index in [1.54, 1.807) is 24.4 Å². The Kier molecular flexibility index (Phi) is 5.31.